The van der Waals surface area contributed by atoms with Crippen LogP contribution in [-0.4, -0.2) is 24.8 Å². The van der Waals surface area contributed by atoms with Gasteiger partial charge in [0.1, 0.15) is 5.75 Å². The first-order valence-electron chi connectivity index (χ1n) is 7.53. The summed E-state index contributed by atoms with van der Waals surface area (Å²) in [7, 11) is 1.35. The van der Waals surface area contributed by atoms with E-state index in [2.05, 4.69) is 10.6 Å². The number of benzene rings is 2. The number of hydrogen-bond acceptors (Lipinski definition) is 4. The van der Waals surface area contributed by atoms with Crippen molar-refractivity contribution in [3.8, 4) is 5.75 Å². The minimum absolute atomic E-state index is 0.386. The third-order valence-corrected chi connectivity index (χ3v) is 3.53. The van der Waals surface area contributed by atoms with Crippen LogP contribution in [0.2, 0.25) is 0 Å². The Morgan fingerprint density at radius 3 is 2.46 bits per heavy atom. The Bertz CT molecular complexity index is 730. The van der Waals surface area contributed by atoms with Gasteiger partial charge in [-0.15, -0.1) is 0 Å². The Balaban J connectivity index is 2.05. The average molecular weight is 344 g/mol. The fraction of sp³-hybridized carbons (Fsp3) is 0.222. The van der Waals surface area contributed by atoms with Crippen LogP contribution >= 0.6 is 12.2 Å². The number of methoxy groups -OCH3 is 1. The van der Waals surface area contributed by atoms with Crippen molar-refractivity contribution in [2.45, 2.75) is 13.8 Å². The van der Waals surface area contributed by atoms with E-state index < -0.39 is 0 Å². The zero-order chi connectivity index (χ0) is 17.5. The summed E-state index contributed by atoms with van der Waals surface area (Å²) in [4.78, 5) is 11.6. The van der Waals surface area contributed by atoms with E-state index in [1.807, 2.05) is 44.2 Å². The Hall–Kier alpha value is -2.60. The van der Waals surface area contributed by atoms with Gasteiger partial charge < -0.3 is 20.1 Å². The predicted molar refractivity (Wildman–Crippen MR) is 100.0 cm³/mol. The monoisotopic (exact) mass is 344 g/mol. The van der Waals surface area contributed by atoms with E-state index in [0.717, 1.165) is 22.7 Å². The van der Waals surface area contributed by atoms with Crippen molar-refractivity contribution in [3.05, 3.63) is 53.6 Å². The molecule has 0 heterocycles. The third kappa shape index (κ3) is 4.70. The minimum Gasteiger partial charge on any atom is -0.494 e. The molecule has 0 amide bonds. The highest BCUT2D eigenvalue weighted by atomic mass is 32.1. The summed E-state index contributed by atoms with van der Waals surface area (Å²) in [5, 5.41) is 6.63. The molecule has 5 nitrogen and oxygen atoms in total. The average Bonchev–Trinajstić information content (AvgIpc) is 2.58. The maximum absolute atomic E-state index is 11.6. The molecule has 2 rings (SSSR count). The van der Waals surface area contributed by atoms with E-state index in [4.69, 9.17) is 21.7 Å². The van der Waals surface area contributed by atoms with Crippen molar-refractivity contribution >= 4 is 34.7 Å². The second-order valence-corrected chi connectivity index (χ2v) is 5.47. The maximum Gasteiger partial charge on any atom is 0.337 e. The molecule has 2 aromatic carbocycles. The first-order chi connectivity index (χ1) is 11.5. The standard InChI is InChI=1S/C18H20N2O3S/c1-4-23-15-9-7-14(8-10-15)19-18(24)20-16-11-13(17(21)22-3)6-5-12(16)2/h5-11H,4H2,1-3H3,(H2,19,20,24). The van der Waals surface area contributed by atoms with E-state index >= 15 is 0 Å². The number of carbonyl (C=O) groups excluding carboxylic acids is 1. The van der Waals surface area contributed by atoms with Crippen LogP contribution in [0.4, 0.5) is 11.4 Å². The lowest BCUT2D eigenvalue weighted by atomic mass is 10.1. The van der Waals surface area contributed by atoms with Crippen molar-refractivity contribution in [3.63, 3.8) is 0 Å². The molecule has 0 bridgehead atoms. The number of thiocarbonyl (C=S) groups is 1. The molecule has 0 unspecified atom stereocenters. The van der Waals surface area contributed by atoms with E-state index in [1.54, 1.807) is 12.1 Å². The fourth-order valence-electron chi connectivity index (χ4n) is 2.09. The highest BCUT2D eigenvalue weighted by Crippen LogP contribution is 2.19. The minimum atomic E-state index is -0.386. The summed E-state index contributed by atoms with van der Waals surface area (Å²) in [6.07, 6.45) is 0. The van der Waals surface area contributed by atoms with Gasteiger partial charge in [-0.1, -0.05) is 6.07 Å². The molecular weight excluding hydrogens is 324 g/mol. The molecule has 24 heavy (non-hydrogen) atoms. The van der Waals surface area contributed by atoms with E-state index in [0.29, 0.717) is 17.3 Å². The molecule has 0 fully saturated rings. The van der Waals surface area contributed by atoms with Crippen molar-refractivity contribution in [2.75, 3.05) is 24.4 Å². The molecule has 0 aliphatic rings. The molecule has 0 saturated carbocycles. The van der Waals surface area contributed by atoms with Gasteiger partial charge in [-0.25, -0.2) is 4.79 Å². The third-order valence-electron chi connectivity index (χ3n) is 3.33. The molecule has 0 radical (unpaired) electrons. The van der Waals surface area contributed by atoms with Crippen LogP contribution in [0, 0.1) is 6.92 Å². The van der Waals surface area contributed by atoms with Crippen LogP contribution < -0.4 is 15.4 Å². The zero-order valence-corrected chi connectivity index (χ0v) is 14.7. The lowest BCUT2D eigenvalue weighted by Crippen LogP contribution is -2.20. The molecule has 2 N–H and O–H groups in total. The largest absolute Gasteiger partial charge is 0.494 e. The van der Waals surface area contributed by atoms with E-state index in [9.17, 15) is 4.79 Å². The Kier molecular flexibility index (Phi) is 6.14. The quantitative estimate of drug-likeness (QED) is 0.632. The summed E-state index contributed by atoms with van der Waals surface area (Å²) < 4.78 is 10.1. The van der Waals surface area contributed by atoms with Gasteiger partial charge in [0.25, 0.3) is 0 Å². The molecule has 0 aliphatic heterocycles. The van der Waals surface area contributed by atoms with Crippen LogP contribution in [0.5, 0.6) is 5.75 Å². The summed E-state index contributed by atoms with van der Waals surface area (Å²) in [6, 6.07) is 12.8. The summed E-state index contributed by atoms with van der Waals surface area (Å²) in [5.74, 6) is 0.423. The van der Waals surface area contributed by atoms with Crippen LogP contribution in [0.1, 0.15) is 22.8 Å². The van der Waals surface area contributed by atoms with Crippen molar-refractivity contribution in [1.82, 2.24) is 0 Å². The number of rotatable bonds is 5. The van der Waals surface area contributed by atoms with Crippen LogP contribution in [0.15, 0.2) is 42.5 Å². The van der Waals surface area contributed by atoms with Crippen molar-refractivity contribution in [1.29, 1.82) is 0 Å². The SMILES string of the molecule is CCOc1ccc(NC(=S)Nc2cc(C(=O)OC)ccc2C)cc1. The van der Waals surface area contributed by atoms with E-state index in [1.165, 1.54) is 7.11 Å². The van der Waals surface area contributed by atoms with Crippen LogP contribution in [0.3, 0.4) is 0 Å². The summed E-state index contributed by atoms with van der Waals surface area (Å²) in [5.41, 5.74) is 3.03. The number of carbonyl (C=O) groups is 1. The van der Waals surface area contributed by atoms with Gasteiger partial charge in [0, 0.05) is 11.4 Å². The van der Waals surface area contributed by atoms with Crippen molar-refractivity contribution in [2.24, 2.45) is 0 Å². The zero-order valence-electron chi connectivity index (χ0n) is 13.9. The lowest BCUT2D eigenvalue weighted by Gasteiger charge is -2.14. The first-order valence-corrected chi connectivity index (χ1v) is 7.94. The van der Waals surface area contributed by atoms with Gasteiger partial charge in [0.2, 0.25) is 0 Å². The molecule has 2 aromatic rings. The Morgan fingerprint density at radius 1 is 1.12 bits per heavy atom. The first kappa shape index (κ1) is 17.7. The van der Waals surface area contributed by atoms with Gasteiger partial charge >= 0.3 is 5.97 Å². The van der Waals surface area contributed by atoms with Crippen molar-refractivity contribution < 1.29 is 14.3 Å². The topological polar surface area (TPSA) is 59.6 Å². The fourth-order valence-corrected chi connectivity index (χ4v) is 2.32. The number of anilines is 2. The second kappa shape index (κ2) is 8.31. The second-order valence-electron chi connectivity index (χ2n) is 5.06. The summed E-state index contributed by atoms with van der Waals surface area (Å²) in [6.45, 7) is 4.50. The highest BCUT2D eigenvalue weighted by Gasteiger charge is 2.09. The molecular formula is C18H20N2O3S. The molecule has 0 atom stereocenters. The number of ether oxygens (including phenoxy) is 2. The van der Waals surface area contributed by atoms with Gasteiger partial charge in [0.15, 0.2) is 5.11 Å². The normalized spacial score (nSPS) is 9.96. The molecule has 0 spiro atoms. The predicted octanol–water partition coefficient (Wildman–Crippen LogP) is 3.99. The van der Waals surface area contributed by atoms with Crippen LogP contribution in [0.25, 0.3) is 0 Å². The smallest absolute Gasteiger partial charge is 0.337 e. The number of esters is 1. The van der Waals surface area contributed by atoms with Gasteiger partial charge in [-0.05, 0) is 68.0 Å². The lowest BCUT2D eigenvalue weighted by molar-refractivity contribution is 0.0601. The van der Waals surface area contributed by atoms with Gasteiger partial charge in [-0.3, -0.25) is 0 Å². The van der Waals surface area contributed by atoms with Crippen LogP contribution in [-0.2, 0) is 4.74 Å². The van der Waals surface area contributed by atoms with Gasteiger partial charge in [0.05, 0.1) is 19.3 Å². The maximum atomic E-state index is 11.6. The van der Waals surface area contributed by atoms with Gasteiger partial charge in [-0.2, -0.15) is 0 Å². The number of nitrogens with one attached hydrogen (secondary N) is 2. The van der Waals surface area contributed by atoms with E-state index in [-0.39, 0.29) is 5.97 Å². The number of aryl methyl sites for hydroxylation is 1. The molecule has 126 valence electrons. The highest BCUT2D eigenvalue weighted by molar-refractivity contribution is 7.80. The molecule has 0 saturated heterocycles. The summed E-state index contributed by atoms with van der Waals surface area (Å²) >= 11 is 5.33. The number of hydrogen-bond donors (Lipinski definition) is 2. The molecule has 6 heteroatoms. The Morgan fingerprint density at radius 2 is 1.83 bits per heavy atom. The molecule has 0 aromatic heterocycles. The Labute approximate surface area is 147 Å². The molecule has 0 aliphatic carbocycles.